The Hall–Kier alpha value is -7.86. The normalized spacial score (nSPS) is 11.1. The lowest BCUT2D eigenvalue weighted by atomic mass is 9.96. The molecule has 4 rings (SSSR count). The van der Waals surface area contributed by atoms with Crippen molar-refractivity contribution in [3.05, 3.63) is 145 Å². The fourth-order valence-electron chi connectivity index (χ4n) is 5.07. The van der Waals surface area contributed by atoms with Crippen molar-refractivity contribution in [3.8, 4) is 67.9 Å². The predicted octanol–water partition coefficient (Wildman–Crippen LogP) is 10.4. The van der Waals surface area contributed by atoms with Crippen LogP contribution in [0.5, 0.6) is 34.5 Å². The number of allylic oxidation sites excluding steroid dienone is 2. The van der Waals surface area contributed by atoms with Gasteiger partial charge in [-0.05, 0) is 114 Å². The number of benzene rings is 4. The minimum Gasteiger partial charge on any atom is -0.422 e. The molecule has 12 nitrogen and oxygen atoms in total. The third-order valence-corrected chi connectivity index (χ3v) is 8.93. The zero-order chi connectivity index (χ0) is 46.0. The van der Waals surface area contributed by atoms with Gasteiger partial charge in [0.15, 0.2) is 23.0 Å². The van der Waals surface area contributed by atoms with Crippen molar-refractivity contribution in [3.63, 3.8) is 0 Å². The maximum absolute atomic E-state index is 13.3. The largest absolute Gasteiger partial charge is 0.422 e. The first-order valence-electron chi connectivity index (χ1n) is 19.0. The second-order valence-electron chi connectivity index (χ2n) is 14.1. The molecule has 0 amide bonds. The topological polar surface area (TPSA) is 158 Å². The van der Waals surface area contributed by atoms with E-state index in [0.717, 1.165) is 0 Å². The van der Waals surface area contributed by atoms with Gasteiger partial charge in [-0.2, -0.15) is 0 Å². The minimum atomic E-state index is -0.767. The average Bonchev–Trinajstić information content (AvgIpc) is 3.23. The number of rotatable bonds is 15. The Balaban J connectivity index is 1.93. The predicted molar refractivity (Wildman–Crippen MR) is 235 cm³/mol. The van der Waals surface area contributed by atoms with Gasteiger partial charge in [0.2, 0.25) is 0 Å². The number of carbonyl (C=O) groups is 6. The number of ether oxygens (including phenoxy) is 6. The Morgan fingerprint density at radius 1 is 0.355 bits per heavy atom. The highest BCUT2D eigenvalue weighted by molar-refractivity contribution is 5.95. The Kier molecular flexibility index (Phi) is 15.4. The molecular formula is C50H46O12. The molecule has 0 N–H and O–H groups in total. The highest BCUT2D eigenvalue weighted by atomic mass is 16.6. The molecule has 0 spiro atoms. The summed E-state index contributed by atoms with van der Waals surface area (Å²) < 4.78 is 33.8. The third kappa shape index (κ3) is 11.7. The fourth-order valence-corrected chi connectivity index (χ4v) is 5.07. The van der Waals surface area contributed by atoms with E-state index in [-0.39, 0.29) is 56.8 Å². The first kappa shape index (κ1) is 46.8. The van der Waals surface area contributed by atoms with Crippen molar-refractivity contribution in [2.75, 3.05) is 0 Å². The van der Waals surface area contributed by atoms with Gasteiger partial charge in [-0.15, -0.1) is 0 Å². The van der Waals surface area contributed by atoms with E-state index in [1.807, 2.05) is 0 Å². The van der Waals surface area contributed by atoms with Crippen LogP contribution >= 0.6 is 0 Å². The molecule has 0 aromatic heterocycles. The SMILES string of the molecule is C=C(C)C(=O)Oc1ccc(-c2ccc(-c3ccc(-c4ccc(OC(=O)C(=C)C)c(OC(=O)C(=C)C)c4)c(OC(=O)/C(C)=C/C)c3)cc2OC(=O)/C(C)=C/C)cc1OC(=O)C(=C)C. The summed E-state index contributed by atoms with van der Waals surface area (Å²) in [5.74, 6) is -4.41. The van der Waals surface area contributed by atoms with E-state index in [1.54, 1.807) is 88.4 Å². The van der Waals surface area contributed by atoms with Crippen LogP contribution in [0, 0.1) is 0 Å². The fraction of sp³-hybridized carbons (Fsp3) is 0.160. The molecule has 318 valence electrons. The molecule has 12 heteroatoms. The minimum absolute atomic E-state index is 0.0600. The van der Waals surface area contributed by atoms with Crippen LogP contribution < -0.4 is 28.4 Å². The molecule has 0 aliphatic rings. The summed E-state index contributed by atoms with van der Waals surface area (Å²) in [4.78, 5) is 76.7. The quantitative estimate of drug-likeness (QED) is 0.0635. The van der Waals surface area contributed by atoms with Crippen LogP contribution in [-0.2, 0) is 28.8 Å². The maximum Gasteiger partial charge on any atom is 0.338 e. The molecular weight excluding hydrogens is 793 g/mol. The summed E-state index contributed by atoms with van der Waals surface area (Å²) in [5.41, 5.74) is 3.77. The Labute approximate surface area is 360 Å². The molecule has 0 aliphatic heterocycles. The van der Waals surface area contributed by atoms with Crippen molar-refractivity contribution < 1.29 is 57.2 Å². The first-order valence-corrected chi connectivity index (χ1v) is 19.0. The van der Waals surface area contributed by atoms with Gasteiger partial charge >= 0.3 is 35.8 Å². The molecule has 4 aromatic carbocycles. The van der Waals surface area contributed by atoms with Crippen molar-refractivity contribution in [1.29, 1.82) is 0 Å². The molecule has 0 fully saturated rings. The Morgan fingerprint density at radius 2 is 0.613 bits per heavy atom. The lowest BCUT2D eigenvalue weighted by Crippen LogP contribution is -2.13. The maximum atomic E-state index is 13.3. The van der Waals surface area contributed by atoms with E-state index in [0.29, 0.717) is 44.5 Å². The van der Waals surface area contributed by atoms with Crippen LogP contribution in [0.1, 0.15) is 55.4 Å². The monoisotopic (exact) mass is 838 g/mol. The lowest BCUT2D eigenvalue weighted by molar-refractivity contribution is -0.132. The Morgan fingerprint density at radius 3 is 0.903 bits per heavy atom. The van der Waals surface area contributed by atoms with Crippen LogP contribution in [0.4, 0.5) is 0 Å². The number of hydrogen-bond acceptors (Lipinski definition) is 12. The second-order valence-corrected chi connectivity index (χ2v) is 14.1. The van der Waals surface area contributed by atoms with E-state index in [4.69, 9.17) is 28.4 Å². The van der Waals surface area contributed by atoms with Crippen LogP contribution in [-0.4, -0.2) is 35.8 Å². The van der Waals surface area contributed by atoms with Gasteiger partial charge in [-0.1, -0.05) is 74.9 Å². The van der Waals surface area contributed by atoms with Crippen LogP contribution in [0.25, 0.3) is 33.4 Å². The summed E-state index contributed by atoms with van der Waals surface area (Å²) in [6, 6.07) is 19.0. The third-order valence-electron chi connectivity index (χ3n) is 8.93. The molecule has 62 heavy (non-hydrogen) atoms. The standard InChI is InChI=1S/C50H46O12/c1-13-31(11)49(55)59-41-23-33(15-19-37(41)35-17-21-39(57-45(51)27(3)4)43(25-35)61-47(53)29(7)8)34-16-20-38(42(24-34)60-50(56)32(12)14-2)36-18-22-40(58-46(52)28(5)6)44(26-36)62-48(54)30(9)10/h13-26H,3,5,7,9H2,1-2,4,6,8,10-12H3/b31-13+,32-14+. The second kappa shape index (κ2) is 20.4. The number of carbonyl (C=O) groups excluding carboxylic acids is 6. The zero-order valence-corrected chi connectivity index (χ0v) is 35.8. The highest BCUT2D eigenvalue weighted by Gasteiger charge is 2.22. The van der Waals surface area contributed by atoms with Gasteiger partial charge in [0, 0.05) is 44.6 Å². The van der Waals surface area contributed by atoms with Gasteiger partial charge < -0.3 is 28.4 Å². The molecule has 0 saturated heterocycles. The lowest BCUT2D eigenvalue weighted by Gasteiger charge is -2.17. The van der Waals surface area contributed by atoms with Crippen molar-refractivity contribution in [2.45, 2.75) is 55.4 Å². The van der Waals surface area contributed by atoms with Crippen LogP contribution in [0.15, 0.2) is 145 Å². The Bertz CT molecular complexity index is 2450. The average molecular weight is 839 g/mol. The van der Waals surface area contributed by atoms with Crippen molar-refractivity contribution in [2.24, 2.45) is 0 Å². The van der Waals surface area contributed by atoms with Crippen molar-refractivity contribution >= 4 is 35.8 Å². The van der Waals surface area contributed by atoms with E-state index < -0.39 is 35.8 Å². The molecule has 0 saturated carbocycles. The molecule has 0 bridgehead atoms. The molecule has 0 radical (unpaired) electrons. The number of hydrogen-bond donors (Lipinski definition) is 0. The van der Waals surface area contributed by atoms with E-state index in [2.05, 4.69) is 26.3 Å². The number of esters is 6. The van der Waals surface area contributed by atoms with E-state index in [9.17, 15) is 28.8 Å². The molecule has 0 aliphatic carbocycles. The molecule has 0 atom stereocenters. The summed E-state index contributed by atoms with van der Waals surface area (Å²) in [6.07, 6.45) is 3.19. The van der Waals surface area contributed by atoms with Crippen LogP contribution in [0.2, 0.25) is 0 Å². The molecule has 0 unspecified atom stereocenters. The molecule has 0 heterocycles. The summed E-state index contributed by atoms with van der Waals surface area (Å²) in [5, 5.41) is 0. The first-order chi connectivity index (χ1) is 29.2. The zero-order valence-electron chi connectivity index (χ0n) is 35.8. The smallest absolute Gasteiger partial charge is 0.338 e. The summed E-state index contributed by atoms with van der Waals surface area (Å²) >= 11 is 0. The van der Waals surface area contributed by atoms with Gasteiger partial charge in [-0.25, -0.2) is 28.8 Å². The highest BCUT2D eigenvalue weighted by Crippen LogP contribution is 2.43. The van der Waals surface area contributed by atoms with Gasteiger partial charge in [0.25, 0.3) is 0 Å². The summed E-state index contributed by atoms with van der Waals surface area (Å²) in [6.45, 7) is 26.9. The van der Waals surface area contributed by atoms with Gasteiger partial charge in [-0.3, -0.25) is 0 Å². The van der Waals surface area contributed by atoms with Gasteiger partial charge in [0.1, 0.15) is 11.5 Å². The van der Waals surface area contributed by atoms with Crippen LogP contribution in [0.3, 0.4) is 0 Å². The van der Waals surface area contributed by atoms with E-state index in [1.165, 1.54) is 52.0 Å². The van der Waals surface area contributed by atoms with E-state index >= 15 is 0 Å². The molecule has 4 aromatic rings. The van der Waals surface area contributed by atoms with Gasteiger partial charge in [0.05, 0.1) is 0 Å². The van der Waals surface area contributed by atoms with Crippen molar-refractivity contribution in [1.82, 2.24) is 0 Å². The summed E-state index contributed by atoms with van der Waals surface area (Å²) in [7, 11) is 0.